The third-order valence-electron chi connectivity index (χ3n) is 2.49. The fraction of sp³-hybridized carbons (Fsp3) is 0.500. The summed E-state index contributed by atoms with van der Waals surface area (Å²) in [6.45, 7) is -0.693. The Labute approximate surface area is 99.0 Å². The molecule has 1 N–H and O–H groups in total. The molecule has 3 nitrogen and oxygen atoms in total. The van der Waals surface area contributed by atoms with Gasteiger partial charge in [0.05, 0.1) is 12.1 Å². The molecule has 0 bridgehead atoms. The van der Waals surface area contributed by atoms with E-state index in [4.69, 9.17) is 4.74 Å². The molecule has 0 spiro atoms. The molecule has 2 rings (SSSR count). The zero-order valence-corrected chi connectivity index (χ0v) is 8.97. The molecule has 100 valence electrons. The highest BCUT2D eigenvalue weighted by Gasteiger charge is 2.46. The van der Waals surface area contributed by atoms with Crippen LogP contribution in [0.3, 0.4) is 0 Å². The lowest BCUT2D eigenvalue weighted by molar-refractivity contribution is -0.137. The molecular formula is C10H9F5N2O. The number of hydrogen-bond acceptors (Lipinski definition) is 3. The lowest BCUT2D eigenvalue weighted by atomic mass is 10.2. The Hall–Kier alpha value is -1.44. The maximum absolute atomic E-state index is 13.2. The summed E-state index contributed by atoms with van der Waals surface area (Å²) >= 11 is 0. The van der Waals surface area contributed by atoms with Crippen LogP contribution in [-0.2, 0) is 6.18 Å². The first-order valence-corrected chi connectivity index (χ1v) is 5.07. The largest absolute Gasteiger partial charge is 0.466 e. The number of nitrogens with zero attached hydrogens (tertiary/aromatic N) is 1. The molecule has 8 heteroatoms. The van der Waals surface area contributed by atoms with Crippen LogP contribution in [0.15, 0.2) is 18.3 Å². The van der Waals surface area contributed by atoms with Gasteiger partial charge in [-0.15, -0.1) is 0 Å². The molecule has 0 amide bonds. The van der Waals surface area contributed by atoms with Crippen molar-refractivity contribution in [2.45, 2.75) is 18.2 Å². The second-order valence-electron chi connectivity index (χ2n) is 3.88. The average Bonchev–Trinajstić information content (AvgIpc) is 2.58. The summed E-state index contributed by atoms with van der Waals surface area (Å²) < 4.78 is 68.4. The number of alkyl halides is 5. The number of pyridine rings is 1. The lowest BCUT2D eigenvalue weighted by Gasteiger charge is -2.19. The van der Waals surface area contributed by atoms with Gasteiger partial charge in [0.1, 0.15) is 0 Å². The highest BCUT2D eigenvalue weighted by atomic mass is 19.4. The summed E-state index contributed by atoms with van der Waals surface area (Å²) in [4.78, 5) is 3.50. The van der Waals surface area contributed by atoms with Crippen LogP contribution in [0.1, 0.15) is 5.56 Å². The third-order valence-corrected chi connectivity index (χ3v) is 2.49. The van der Waals surface area contributed by atoms with Crippen molar-refractivity contribution in [1.82, 2.24) is 10.3 Å². The molecule has 2 heterocycles. The predicted molar refractivity (Wildman–Crippen MR) is 51.5 cm³/mol. The highest BCUT2D eigenvalue weighted by molar-refractivity contribution is 5.23. The Bertz CT molecular complexity index is 435. The fourth-order valence-corrected chi connectivity index (χ4v) is 1.56. The molecule has 1 aromatic rings. The Kier molecular flexibility index (Phi) is 3.14. The normalized spacial score (nSPS) is 23.1. The van der Waals surface area contributed by atoms with E-state index in [1.165, 1.54) is 0 Å². The van der Waals surface area contributed by atoms with Gasteiger partial charge in [0, 0.05) is 18.8 Å². The quantitative estimate of drug-likeness (QED) is 0.834. The first kappa shape index (κ1) is 13.0. The van der Waals surface area contributed by atoms with Gasteiger partial charge in [-0.25, -0.2) is 13.8 Å². The average molecular weight is 268 g/mol. The first-order valence-electron chi connectivity index (χ1n) is 5.07. The smallest absolute Gasteiger partial charge is 0.416 e. The van der Waals surface area contributed by atoms with E-state index in [0.717, 1.165) is 12.3 Å². The van der Waals surface area contributed by atoms with Crippen molar-refractivity contribution in [3.05, 3.63) is 23.9 Å². The minimum absolute atomic E-state index is 0.134. The van der Waals surface area contributed by atoms with Crippen LogP contribution in [-0.4, -0.2) is 30.1 Å². The van der Waals surface area contributed by atoms with E-state index in [-0.39, 0.29) is 6.54 Å². The maximum atomic E-state index is 13.2. The number of halogens is 5. The first-order chi connectivity index (χ1) is 8.29. The number of aromatic nitrogens is 1. The topological polar surface area (TPSA) is 34.1 Å². The monoisotopic (exact) mass is 268 g/mol. The molecule has 1 fully saturated rings. The minimum atomic E-state index is -4.56. The Morgan fingerprint density at radius 2 is 2.11 bits per heavy atom. The van der Waals surface area contributed by atoms with E-state index >= 15 is 0 Å². The number of rotatable bonds is 2. The van der Waals surface area contributed by atoms with Crippen LogP contribution < -0.4 is 10.1 Å². The second-order valence-corrected chi connectivity index (χ2v) is 3.88. The maximum Gasteiger partial charge on any atom is 0.416 e. The predicted octanol–water partition coefficient (Wildman–Crippen LogP) is 2.09. The summed E-state index contributed by atoms with van der Waals surface area (Å²) in [7, 11) is 0. The Balaban J connectivity index is 2.15. The van der Waals surface area contributed by atoms with Gasteiger partial charge >= 0.3 is 6.18 Å². The van der Waals surface area contributed by atoms with Crippen LogP contribution >= 0.6 is 0 Å². The molecule has 0 aliphatic carbocycles. The van der Waals surface area contributed by atoms with Crippen LogP contribution in [0.25, 0.3) is 0 Å². The van der Waals surface area contributed by atoms with E-state index in [1.54, 1.807) is 0 Å². The van der Waals surface area contributed by atoms with Gasteiger partial charge in [-0.1, -0.05) is 0 Å². The van der Waals surface area contributed by atoms with Crippen molar-refractivity contribution >= 4 is 0 Å². The van der Waals surface area contributed by atoms with Crippen molar-refractivity contribution in [3.63, 3.8) is 0 Å². The summed E-state index contributed by atoms with van der Waals surface area (Å²) in [5.41, 5.74) is -0.984. The molecule has 0 radical (unpaired) electrons. The second kappa shape index (κ2) is 4.34. The van der Waals surface area contributed by atoms with Gasteiger partial charge in [-0.2, -0.15) is 13.2 Å². The third kappa shape index (κ3) is 2.69. The summed E-state index contributed by atoms with van der Waals surface area (Å²) in [6.07, 6.45) is -5.19. The summed E-state index contributed by atoms with van der Waals surface area (Å²) in [5.74, 6) is -3.58. The Morgan fingerprint density at radius 3 is 2.67 bits per heavy atom. The number of ether oxygens (including phenoxy) is 1. The molecule has 1 unspecified atom stereocenters. The SMILES string of the molecule is FC(F)(F)c1ccnc(OC2CNCC2(F)F)c1. The molecule has 0 saturated carbocycles. The van der Waals surface area contributed by atoms with Crippen molar-refractivity contribution in [2.75, 3.05) is 13.1 Å². The summed E-state index contributed by atoms with van der Waals surface area (Å²) in [5, 5.41) is 2.40. The van der Waals surface area contributed by atoms with Gasteiger partial charge in [0.2, 0.25) is 5.88 Å². The molecule has 1 aliphatic rings. The molecule has 1 aromatic heterocycles. The molecule has 0 aromatic carbocycles. The van der Waals surface area contributed by atoms with Gasteiger partial charge in [0.25, 0.3) is 5.92 Å². The fourth-order valence-electron chi connectivity index (χ4n) is 1.56. The van der Waals surface area contributed by atoms with E-state index in [2.05, 4.69) is 10.3 Å². The lowest BCUT2D eigenvalue weighted by Crippen LogP contribution is -2.36. The molecule has 1 atom stereocenters. The van der Waals surface area contributed by atoms with Crippen molar-refractivity contribution in [1.29, 1.82) is 0 Å². The van der Waals surface area contributed by atoms with Crippen LogP contribution in [0.4, 0.5) is 22.0 Å². The number of nitrogens with one attached hydrogen (secondary N) is 1. The van der Waals surface area contributed by atoms with E-state index in [0.29, 0.717) is 6.07 Å². The standard InChI is InChI=1S/C10H9F5N2O/c11-9(12)5-16-4-7(9)18-8-3-6(1-2-17-8)10(13,14)15/h1-3,7,16H,4-5H2. The molecule has 1 aliphatic heterocycles. The molecular weight excluding hydrogens is 259 g/mol. The minimum Gasteiger partial charge on any atom is -0.466 e. The van der Waals surface area contributed by atoms with Gasteiger partial charge in [-0.05, 0) is 6.07 Å². The highest BCUT2D eigenvalue weighted by Crippen LogP contribution is 2.32. The van der Waals surface area contributed by atoms with Crippen molar-refractivity contribution < 1.29 is 26.7 Å². The molecule has 1 saturated heterocycles. The van der Waals surface area contributed by atoms with Crippen molar-refractivity contribution in [2.24, 2.45) is 0 Å². The Morgan fingerprint density at radius 1 is 1.39 bits per heavy atom. The van der Waals surface area contributed by atoms with E-state index in [9.17, 15) is 22.0 Å². The van der Waals surface area contributed by atoms with Gasteiger partial charge in [0.15, 0.2) is 6.10 Å². The number of hydrogen-bond donors (Lipinski definition) is 1. The van der Waals surface area contributed by atoms with Crippen LogP contribution in [0.2, 0.25) is 0 Å². The van der Waals surface area contributed by atoms with Crippen molar-refractivity contribution in [3.8, 4) is 5.88 Å². The molecule has 18 heavy (non-hydrogen) atoms. The van der Waals surface area contributed by atoms with E-state index < -0.39 is 36.2 Å². The zero-order chi connectivity index (χ0) is 13.4. The van der Waals surface area contributed by atoms with E-state index in [1.807, 2.05) is 0 Å². The summed E-state index contributed by atoms with van der Waals surface area (Å²) in [6, 6.07) is 1.35. The van der Waals surface area contributed by atoms with Gasteiger partial charge in [-0.3, -0.25) is 0 Å². The van der Waals surface area contributed by atoms with Crippen LogP contribution in [0.5, 0.6) is 5.88 Å². The zero-order valence-electron chi connectivity index (χ0n) is 8.97. The van der Waals surface area contributed by atoms with Crippen LogP contribution in [0, 0.1) is 0 Å². The van der Waals surface area contributed by atoms with Gasteiger partial charge < -0.3 is 10.1 Å².